The van der Waals surface area contributed by atoms with E-state index in [0.29, 0.717) is 5.41 Å². The SMILES string of the molecule is CCCCCC1(CNCC)CC2CC2C1. The van der Waals surface area contributed by atoms with E-state index in [1.54, 1.807) is 6.42 Å². The molecule has 2 rings (SSSR count). The predicted octanol–water partition coefficient (Wildman–Crippen LogP) is 3.59. The van der Waals surface area contributed by atoms with Gasteiger partial charge in [-0.1, -0.05) is 33.1 Å². The third-order valence-corrected chi connectivity index (χ3v) is 4.52. The zero-order chi connectivity index (χ0) is 10.7. The van der Waals surface area contributed by atoms with Crippen molar-refractivity contribution in [1.29, 1.82) is 0 Å². The van der Waals surface area contributed by atoms with Crippen LogP contribution in [-0.2, 0) is 0 Å². The van der Waals surface area contributed by atoms with E-state index in [-0.39, 0.29) is 0 Å². The lowest BCUT2D eigenvalue weighted by Crippen LogP contribution is -2.33. The molecule has 0 amide bonds. The quantitative estimate of drug-likeness (QED) is 0.632. The Labute approximate surface area is 95.0 Å². The molecule has 0 aromatic heterocycles. The van der Waals surface area contributed by atoms with Gasteiger partial charge in [0.15, 0.2) is 0 Å². The topological polar surface area (TPSA) is 12.0 Å². The first-order valence-electron chi connectivity index (χ1n) is 7.00. The number of nitrogens with one attached hydrogen (secondary N) is 1. The van der Waals surface area contributed by atoms with Crippen LogP contribution in [0.25, 0.3) is 0 Å². The Morgan fingerprint density at radius 3 is 2.47 bits per heavy atom. The second kappa shape index (κ2) is 4.86. The van der Waals surface area contributed by atoms with E-state index in [4.69, 9.17) is 0 Å². The highest BCUT2D eigenvalue weighted by molar-refractivity contribution is 5.03. The summed E-state index contributed by atoms with van der Waals surface area (Å²) in [6.45, 7) is 6.98. The van der Waals surface area contributed by atoms with E-state index in [1.807, 2.05) is 0 Å². The summed E-state index contributed by atoms with van der Waals surface area (Å²) in [7, 11) is 0. The lowest BCUT2D eigenvalue weighted by molar-refractivity contribution is 0.224. The fraction of sp³-hybridized carbons (Fsp3) is 1.00. The van der Waals surface area contributed by atoms with Crippen LogP contribution in [0, 0.1) is 17.3 Å². The number of rotatable bonds is 7. The Morgan fingerprint density at radius 2 is 1.87 bits per heavy atom. The Morgan fingerprint density at radius 1 is 1.13 bits per heavy atom. The van der Waals surface area contributed by atoms with E-state index in [9.17, 15) is 0 Å². The minimum atomic E-state index is 0.707. The van der Waals surface area contributed by atoms with Crippen molar-refractivity contribution in [3.8, 4) is 0 Å². The van der Waals surface area contributed by atoms with Crippen LogP contribution < -0.4 is 5.32 Å². The summed E-state index contributed by atoms with van der Waals surface area (Å²) < 4.78 is 0. The zero-order valence-electron chi connectivity index (χ0n) is 10.5. The second-order valence-electron chi connectivity index (χ2n) is 5.90. The van der Waals surface area contributed by atoms with Gasteiger partial charge >= 0.3 is 0 Å². The largest absolute Gasteiger partial charge is 0.316 e. The van der Waals surface area contributed by atoms with Gasteiger partial charge in [0.1, 0.15) is 0 Å². The average molecular weight is 209 g/mol. The summed E-state index contributed by atoms with van der Waals surface area (Å²) in [6, 6.07) is 0. The van der Waals surface area contributed by atoms with Crippen molar-refractivity contribution in [2.24, 2.45) is 17.3 Å². The van der Waals surface area contributed by atoms with E-state index >= 15 is 0 Å². The molecule has 0 aromatic rings. The summed E-state index contributed by atoms with van der Waals surface area (Å²) in [5.74, 6) is 2.26. The smallest absolute Gasteiger partial charge is 0.000790 e. The third kappa shape index (κ3) is 2.75. The molecule has 2 saturated carbocycles. The van der Waals surface area contributed by atoms with Gasteiger partial charge in [-0.15, -0.1) is 0 Å². The minimum Gasteiger partial charge on any atom is -0.316 e. The molecule has 0 saturated heterocycles. The maximum Gasteiger partial charge on any atom is 0.000790 e. The molecule has 2 aliphatic rings. The van der Waals surface area contributed by atoms with E-state index in [1.165, 1.54) is 45.1 Å². The van der Waals surface area contributed by atoms with Gasteiger partial charge in [-0.25, -0.2) is 0 Å². The maximum absolute atomic E-state index is 3.60. The van der Waals surface area contributed by atoms with Gasteiger partial charge in [-0.2, -0.15) is 0 Å². The summed E-state index contributed by atoms with van der Waals surface area (Å²) in [5, 5.41) is 3.60. The molecule has 1 heteroatoms. The van der Waals surface area contributed by atoms with Gasteiger partial charge in [0, 0.05) is 6.54 Å². The Balaban J connectivity index is 1.79. The third-order valence-electron chi connectivity index (χ3n) is 4.52. The second-order valence-corrected chi connectivity index (χ2v) is 5.90. The Kier molecular flexibility index (Phi) is 3.71. The minimum absolute atomic E-state index is 0.707. The fourth-order valence-electron chi connectivity index (χ4n) is 3.58. The van der Waals surface area contributed by atoms with E-state index in [2.05, 4.69) is 19.2 Å². The summed E-state index contributed by atoms with van der Waals surface area (Å²) in [6.07, 6.45) is 10.4. The van der Waals surface area contributed by atoms with Crippen molar-refractivity contribution in [3.63, 3.8) is 0 Å². The van der Waals surface area contributed by atoms with Crippen molar-refractivity contribution in [2.75, 3.05) is 13.1 Å². The highest BCUT2D eigenvalue weighted by Crippen LogP contribution is 2.61. The van der Waals surface area contributed by atoms with Crippen molar-refractivity contribution in [2.45, 2.75) is 58.8 Å². The molecule has 0 aliphatic heterocycles. The first kappa shape index (κ1) is 11.4. The van der Waals surface area contributed by atoms with Crippen LogP contribution in [-0.4, -0.2) is 13.1 Å². The molecule has 2 unspecified atom stereocenters. The number of unbranched alkanes of at least 4 members (excludes halogenated alkanes) is 2. The summed E-state index contributed by atoms with van der Waals surface area (Å²) in [5.41, 5.74) is 0.707. The van der Waals surface area contributed by atoms with Gasteiger partial charge in [-0.3, -0.25) is 0 Å². The monoisotopic (exact) mass is 209 g/mol. The average Bonchev–Trinajstić information content (AvgIpc) is 2.85. The number of hydrogen-bond acceptors (Lipinski definition) is 1. The molecule has 0 spiro atoms. The first-order chi connectivity index (χ1) is 7.29. The molecule has 2 fully saturated rings. The van der Waals surface area contributed by atoms with E-state index < -0.39 is 0 Å². The first-order valence-corrected chi connectivity index (χ1v) is 7.00. The van der Waals surface area contributed by atoms with Crippen LogP contribution in [0.1, 0.15) is 58.8 Å². The lowest BCUT2D eigenvalue weighted by atomic mass is 9.78. The van der Waals surface area contributed by atoms with Crippen LogP contribution in [0.4, 0.5) is 0 Å². The maximum atomic E-state index is 3.60. The molecular formula is C14H27N. The number of fused-ring (bicyclic) bond motifs is 1. The fourth-order valence-corrected chi connectivity index (χ4v) is 3.58. The van der Waals surface area contributed by atoms with Crippen molar-refractivity contribution >= 4 is 0 Å². The zero-order valence-corrected chi connectivity index (χ0v) is 10.5. The van der Waals surface area contributed by atoms with Gasteiger partial charge in [-0.05, 0) is 49.5 Å². The molecule has 2 aliphatic carbocycles. The lowest BCUT2D eigenvalue weighted by Gasteiger charge is -2.31. The van der Waals surface area contributed by atoms with Gasteiger partial charge < -0.3 is 5.32 Å². The van der Waals surface area contributed by atoms with Crippen LogP contribution in [0.15, 0.2) is 0 Å². The number of hydrogen-bond donors (Lipinski definition) is 1. The van der Waals surface area contributed by atoms with Gasteiger partial charge in [0.05, 0.1) is 0 Å². The highest BCUT2D eigenvalue weighted by atomic mass is 14.9. The van der Waals surface area contributed by atoms with Crippen LogP contribution >= 0.6 is 0 Å². The molecule has 2 atom stereocenters. The van der Waals surface area contributed by atoms with Crippen molar-refractivity contribution in [1.82, 2.24) is 5.32 Å². The Bertz CT molecular complexity index is 190. The van der Waals surface area contributed by atoms with Gasteiger partial charge in [0.2, 0.25) is 0 Å². The molecular weight excluding hydrogens is 182 g/mol. The summed E-state index contributed by atoms with van der Waals surface area (Å²) in [4.78, 5) is 0. The van der Waals surface area contributed by atoms with Crippen LogP contribution in [0.3, 0.4) is 0 Å². The van der Waals surface area contributed by atoms with Crippen LogP contribution in [0.5, 0.6) is 0 Å². The molecule has 0 heterocycles. The van der Waals surface area contributed by atoms with Crippen molar-refractivity contribution in [3.05, 3.63) is 0 Å². The van der Waals surface area contributed by atoms with Gasteiger partial charge in [0.25, 0.3) is 0 Å². The molecule has 88 valence electrons. The Hall–Kier alpha value is -0.0400. The molecule has 0 radical (unpaired) electrons. The molecule has 0 aromatic carbocycles. The highest BCUT2D eigenvalue weighted by Gasteiger charge is 2.52. The van der Waals surface area contributed by atoms with E-state index in [0.717, 1.165) is 18.4 Å². The summed E-state index contributed by atoms with van der Waals surface area (Å²) >= 11 is 0. The van der Waals surface area contributed by atoms with Crippen LogP contribution in [0.2, 0.25) is 0 Å². The standard InChI is InChI=1S/C14H27N/c1-3-5-6-7-14(11-15-4-2)9-12-8-13(12)10-14/h12-13,15H,3-11H2,1-2H3. The molecule has 1 N–H and O–H groups in total. The molecule has 0 bridgehead atoms. The molecule has 15 heavy (non-hydrogen) atoms. The normalized spacial score (nSPS) is 38.0. The van der Waals surface area contributed by atoms with Crippen molar-refractivity contribution < 1.29 is 0 Å². The molecule has 1 nitrogen and oxygen atoms in total. The predicted molar refractivity (Wildman–Crippen MR) is 65.9 cm³/mol.